The van der Waals surface area contributed by atoms with Crippen LogP contribution in [0.3, 0.4) is 0 Å². The van der Waals surface area contributed by atoms with E-state index < -0.39 is 24.9 Å². The van der Waals surface area contributed by atoms with E-state index in [2.05, 4.69) is 15.0 Å². The summed E-state index contributed by atoms with van der Waals surface area (Å²) in [7, 11) is 1.39. The molecule has 0 aliphatic rings. The number of hydrogen-bond acceptors (Lipinski definition) is 4. The number of alkyl halides is 3. The first kappa shape index (κ1) is 16.0. The average molecular weight is 294 g/mol. The Bertz CT molecular complexity index is 436. The molecule has 0 spiro atoms. The number of nitrogens with zero attached hydrogens (tertiary/aromatic N) is 1. The molecule has 0 aromatic carbocycles. The molecule has 6 nitrogen and oxygen atoms in total. The van der Waals surface area contributed by atoms with Gasteiger partial charge in [0.15, 0.2) is 6.61 Å². The van der Waals surface area contributed by atoms with E-state index in [-0.39, 0.29) is 12.5 Å². The molecule has 1 aromatic heterocycles. The fraction of sp³-hybridized carbons (Fsp3) is 0.455. The lowest BCUT2D eigenvalue weighted by Crippen LogP contribution is -2.29. The molecule has 20 heavy (non-hydrogen) atoms. The molecule has 1 unspecified atom stereocenters. The molecule has 0 bridgehead atoms. The molecule has 2 N–H and O–H groups in total. The SMILES string of the molecule is COCC(NC(=O)O)c1ccc(OCC(F)(F)F)nc1. The fourth-order valence-corrected chi connectivity index (χ4v) is 1.38. The van der Waals surface area contributed by atoms with Crippen molar-refractivity contribution in [2.45, 2.75) is 12.2 Å². The highest BCUT2D eigenvalue weighted by molar-refractivity contribution is 5.65. The minimum Gasteiger partial charge on any atom is -0.468 e. The number of carboxylic acid groups (broad SMARTS) is 1. The van der Waals surface area contributed by atoms with Crippen molar-refractivity contribution < 1.29 is 32.5 Å². The number of rotatable bonds is 6. The molecule has 0 saturated heterocycles. The molecular formula is C11H13F3N2O4. The van der Waals surface area contributed by atoms with Crippen molar-refractivity contribution >= 4 is 6.09 Å². The van der Waals surface area contributed by atoms with Crippen LogP contribution in [0.15, 0.2) is 18.3 Å². The molecule has 1 heterocycles. The van der Waals surface area contributed by atoms with Gasteiger partial charge in [-0.25, -0.2) is 9.78 Å². The Morgan fingerprint density at radius 1 is 1.50 bits per heavy atom. The van der Waals surface area contributed by atoms with Crippen molar-refractivity contribution in [1.82, 2.24) is 10.3 Å². The van der Waals surface area contributed by atoms with Gasteiger partial charge in [0.25, 0.3) is 0 Å². The molecule has 0 radical (unpaired) electrons. The van der Waals surface area contributed by atoms with Crippen LogP contribution in [0, 0.1) is 0 Å². The standard InChI is InChI=1S/C11H13F3N2O4/c1-19-5-8(16-10(17)18)7-2-3-9(15-4-7)20-6-11(12,13)14/h2-4,8,16H,5-6H2,1H3,(H,17,18). The summed E-state index contributed by atoms with van der Waals surface area (Å²) in [5, 5.41) is 10.9. The Balaban J connectivity index is 2.70. The number of amides is 1. The van der Waals surface area contributed by atoms with Crippen LogP contribution in [0.5, 0.6) is 5.88 Å². The van der Waals surface area contributed by atoms with Crippen molar-refractivity contribution in [3.63, 3.8) is 0 Å². The van der Waals surface area contributed by atoms with E-state index >= 15 is 0 Å². The quantitative estimate of drug-likeness (QED) is 0.838. The summed E-state index contributed by atoms with van der Waals surface area (Å²) in [4.78, 5) is 14.3. The Kier molecular flexibility index (Phi) is 5.56. The zero-order valence-electron chi connectivity index (χ0n) is 10.5. The van der Waals surface area contributed by atoms with Gasteiger partial charge in [-0.3, -0.25) is 0 Å². The number of carbonyl (C=O) groups is 1. The summed E-state index contributed by atoms with van der Waals surface area (Å²) in [6.07, 6.45) is -4.46. The highest BCUT2D eigenvalue weighted by Gasteiger charge is 2.28. The second-order valence-electron chi connectivity index (χ2n) is 3.79. The predicted octanol–water partition coefficient (Wildman–Crippen LogP) is 1.98. The van der Waals surface area contributed by atoms with Gasteiger partial charge in [-0.05, 0) is 11.6 Å². The maximum atomic E-state index is 11.9. The maximum Gasteiger partial charge on any atom is 0.422 e. The zero-order valence-corrected chi connectivity index (χ0v) is 10.5. The molecule has 1 amide bonds. The van der Waals surface area contributed by atoms with Gasteiger partial charge in [0.05, 0.1) is 12.6 Å². The molecule has 0 saturated carbocycles. The molecule has 0 aliphatic heterocycles. The highest BCUT2D eigenvalue weighted by atomic mass is 19.4. The summed E-state index contributed by atoms with van der Waals surface area (Å²) >= 11 is 0. The average Bonchev–Trinajstić information content (AvgIpc) is 2.35. The predicted molar refractivity (Wildman–Crippen MR) is 61.6 cm³/mol. The molecule has 1 atom stereocenters. The van der Waals surface area contributed by atoms with Crippen LogP contribution < -0.4 is 10.1 Å². The summed E-state index contributed by atoms with van der Waals surface area (Å²) in [5.74, 6) is -0.197. The van der Waals surface area contributed by atoms with Crippen molar-refractivity contribution in [2.75, 3.05) is 20.3 Å². The number of halogens is 3. The van der Waals surface area contributed by atoms with Gasteiger partial charge in [-0.15, -0.1) is 0 Å². The Morgan fingerprint density at radius 2 is 2.20 bits per heavy atom. The second kappa shape index (κ2) is 6.94. The zero-order chi connectivity index (χ0) is 15.2. The number of ether oxygens (including phenoxy) is 2. The van der Waals surface area contributed by atoms with E-state index in [9.17, 15) is 18.0 Å². The topological polar surface area (TPSA) is 80.7 Å². The van der Waals surface area contributed by atoms with Crippen LogP contribution in [0.25, 0.3) is 0 Å². The lowest BCUT2D eigenvalue weighted by Gasteiger charge is -2.16. The molecule has 0 fully saturated rings. The van der Waals surface area contributed by atoms with E-state index in [4.69, 9.17) is 9.84 Å². The van der Waals surface area contributed by atoms with E-state index in [1.54, 1.807) is 0 Å². The smallest absolute Gasteiger partial charge is 0.422 e. The summed E-state index contributed by atoms with van der Waals surface area (Å²) in [6, 6.07) is 1.98. The minimum atomic E-state index is -4.44. The summed E-state index contributed by atoms with van der Waals surface area (Å²) in [6.45, 7) is -1.37. The first-order valence-electron chi connectivity index (χ1n) is 5.45. The highest BCUT2D eigenvalue weighted by Crippen LogP contribution is 2.19. The molecule has 1 rings (SSSR count). The van der Waals surface area contributed by atoms with Crippen molar-refractivity contribution in [1.29, 1.82) is 0 Å². The third kappa shape index (κ3) is 5.74. The third-order valence-electron chi connectivity index (χ3n) is 2.18. The van der Waals surface area contributed by atoms with E-state index in [1.807, 2.05) is 0 Å². The Labute approximate surface area is 112 Å². The summed E-state index contributed by atoms with van der Waals surface area (Å²) < 4.78 is 45.1. The normalized spacial score (nSPS) is 12.8. The first-order chi connectivity index (χ1) is 9.31. The van der Waals surface area contributed by atoms with Crippen molar-refractivity contribution in [3.8, 4) is 5.88 Å². The largest absolute Gasteiger partial charge is 0.468 e. The Morgan fingerprint density at radius 3 is 2.65 bits per heavy atom. The van der Waals surface area contributed by atoms with Crippen molar-refractivity contribution in [2.24, 2.45) is 0 Å². The molecule has 9 heteroatoms. The van der Waals surface area contributed by atoms with Gasteiger partial charge in [-0.1, -0.05) is 0 Å². The van der Waals surface area contributed by atoms with Gasteiger partial charge in [0.2, 0.25) is 5.88 Å². The van der Waals surface area contributed by atoms with Gasteiger partial charge in [-0.2, -0.15) is 13.2 Å². The summed E-state index contributed by atoms with van der Waals surface area (Å²) in [5.41, 5.74) is 0.452. The minimum absolute atomic E-state index is 0.0662. The van der Waals surface area contributed by atoms with Crippen LogP contribution >= 0.6 is 0 Å². The Hall–Kier alpha value is -2.03. The second-order valence-corrected chi connectivity index (χ2v) is 3.79. The van der Waals surface area contributed by atoms with E-state index in [1.165, 1.54) is 25.4 Å². The van der Waals surface area contributed by atoms with Gasteiger partial charge in [0.1, 0.15) is 0 Å². The van der Waals surface area contributed by atoms with Gasteiger partial charge in [0, 0.05) is 19.4 Å². The number of nitrogens with one attached hydrogen (secondary N) is 1. The van der Waals surface area contributed by atoms with E-state index in [0.29, 0.717) is 5.56 Å². The van der Waals surface area contributed by atoms with Gasteiger partial charge < -0.3 is 19.9 Å². The number of methoxy groups -OCH3 is 1. The van der Waals surface area contributed by atoms with Gasteiger partial charge >= 0.3 is 12.3 Å². The molecule has 1 aromatic rings. The van der Waals surface area contributed by atoms with E-state index in [0.717, 1.165) is 0 Å². The van der Waals surface area contributed by atoms with Crippen LogP contribution in [0.1, 0.15) is 11.6 Å². The van der Waals surface area contributed by atoms with Crippen LogP contribution in [-0.2, 0) is 4.74 Å². The molecule has 112 valence electrons. The lowest BCUT2D eigenvalue weighted by molar-refractivity contribution is -0.154. The lowest BCUT2D eigenvalue weighted by atomic mass is 10.1. The maximum absolute atomic E-state index is 11.9. The first-order valence-corrected chi connectivity index (χ1v) is 5.45. The molecular weight excluding hydrogens is 281 g/mol. The number of hydrogen-bond donors (Lipinski definition) is 2. The number of aromatic nitrogens is 1. The monoisotopic (exact) mass is 294 g/mol. The van der Waals surface area contributed by atoms with Crippen LogP contribution in [-0.4, -0.2) is 42.7 Å². The molecule has 0 aliphatic carbocycles. The van der Waals surface area contributed by atoms with Crippen molar-refractivity contribution in [3.05, 3.63) is 23.9 Å². The third-order valence-corrected chi connectivity index (χ3v) is 2.18. The fourth-order valence-electron chi connectivity index (χ4n) is 1.38. The van der Waals surface area contributed by atoms with Crippen LogP contribution in [0.4, 0.5) is 18.0 Å². The van der Waals surface area contributed by atoms with Crippen LogP contribution in [0.2, 0.25) is 0 Å². The number of pyridine rings is 1.